The third kappa shape index (κ3) is 3.22. The summed E-state index contributed by atoms with van der Waals surface area (Å²) in [5.74, 6) is 0. The van der Waals surface area contributed by atoms with Crippen molar-refractivity contribution in [2.75, 3.05) is 13.2 Å². The molecule has 6 heteroatoms. The molecule has 0 amide bonds. The molecule has 0 spiro atoms. The predicted octanol–water partition coefficient (Wildman–Crippen LogP) is 3.88. The third-order valence-corrected chi connectivity index (χ3v) is 6.80. The molecular weight excluding hydrogens is 346 g/mol. The van der Waals surface area contributed by atoms with E-state index in [2.05, 4.69) is 0 Å². The molecule has 1 aliphatic rings. The van der Waals surface area contributed by atoms with E-state index in [4.69, 9.17) is 16.3 Å². The molecule has 4 nitrogen and oxygen atoms in total. The average molecular weight is 366 g/mol. The largest absolute Gasteiger partial charge is 0.370 e. The van der Waals surface area contributed by atoms with E-state index in [9.17, 15) is 8.42 Å². The molecule has 1 aliphatic heterocycles. The zero-order chi connectivity index (χ0) is 17.4. The number of hydrogen-bond donors (Lipinski definition) is 0. The molecule has 0 radical (unpaired) electrons. The molecule has 0 aliphatic carbocycles. The minimum atomic E-state index is -3.72. The fourth-order valence-corrected chi connectivity index (χ4v) is 5.16. The van der Waals surface area contributed by atoms with Crippen LogP contribution in [-0.4, -0.2) is 31.4 Å². The first-order valence-electron chi connectivity index (χ1n) is 7.76. The Morgan fingerprint density at radius 2 is 1.71 bits per heavy atom. The Morgan fingerprint density at radius 1 is 1.08 bits per heavy atom. The van der Waals surface area contributed by atoms with Crippen molar-refractivity contribution in [1.82, 2.24) is 4.31 Å². The van der Waals surface area contributed by atoms with E-state index in [1.54, 1.807) is 24.3 Å². The fraction of sp³-hybridized carbons (Fsp3) is 0.333. The van der Waals surface area contributed by atoms with Crippen LogP contribution in [0.1, 0.15) is 25.5 Å². The van der Waals surface area contributed by atoms with E-state index in [-0.39, 0.29) is 22.6 Å². The lowest BCUT2D eigenvalue weighted by molar-refractivity contribution is -0.0655. The van der Waals surface area contributed by atoms with Crippen molar-refractivity contribution in [2.45, 2.75) is 30.4 Å². The van der Waals surface area contributed by atoms with Crippen LogP contribution < -0.4 is 0 Å². The zero-order valence-electron chi connectivity index (χ0n) is 13.6. The minimum absolute atomic E-state index is 0.133. The van der Waals surface area contributed by atoms with Crippen molar-refractivity contribution in [1.29, 1.82) is 0 Å². The van der Waals surface area contributed by atoms with E-state index in [1.807, 2.05) is 44.2 Å². The van der Waals surface area contributed by atoms with Crippen LogP contribution in [0.5, 0.6) is 0 Å². The van der Waals surface area contributed by atoms with Gasteiger partial charge in [-0.05, 0) is 31.5 Å². The van der Waals surface area contributed by atoms with Gasteiger partial charge in [-0.1, -0.05) is 54.1 Å². The second-order valence-corrected chi connectivity index (χ2v) is 8.73. The monoisotopic (exact) mass is 365 g/mol. The van der Waals surface area contributed by atoms with Crippen molar-refractivity contribution < 1.29 is 13.2 Å². The van der Waals surface area contributed by atoms with Gasteiger partial charge in [0.25, 0.3) is 0 Å². The molecule has 128 valence electrons. The molecular formula is C18H20ClNO3S. The summed E-state index contributed by atoms with van der Waals surface area (Å²) in [6.45, 7) is 4.30. The second kappa shape index (κ2) is 6.48. The normalized spacial score (nSPS) is 21.5. The molecule has 0 saturated carbocycles. The van der Waals surface area contributed by atoms with Crippen LogP contribution in [0.15, 0.2) is 59.5 Å². The lowest BCUT2D eigenvalue weighted by Gasteiger charge is -2.44. The molecule has 1 unspecified atom stereocenters. The molecule has 0 bridgehead atoms. The van der Waals surface area contributed by atoms with Gasteiger partial charge in [0, 0.05) is 6.54 Å². The van der Waals surface area contributed by atoms with E-state index in [0.717, 1.165) is 5.56 Å². The first-order valence-corrected chi connectivity index (χ1v) is 9.58. The number of sulfonamides is 1. The van der Waals surface area contributed by atoms with Crippen molar-refractivity contribution in [3.05, 3.63) is 65.2 Å². The number of hydrogen-bond acceptors (Lipinski definition) is 3. The van der Waals surface area contributed by atoms with Crippen molar-refractivity contribution in [2.24, 2.45) is 0 Å². The fourth-order valence-electron chi connectivity index (χ4n) is 2.89. The molecule has 0 N–H and O–H groups in total. The van der Waals surface area contributed by atoms with E-state index in [1.165, 1.54) is 4.31 Å². The summed E-state index contributed by atoms with van der Waals surface area (Å²) in [4.78, 5) is 0.133. The predicted molar refractivity (Wildman–Crippen MR) is 94.6 cm³/mol. The number of nitrogens with zero attached hydrogens (tertiary/aromatic N) is 1. The minimum Gasteiger partial charge on any atom is -0.370 e. The first kappa shape index (κ1) is 17.4. The summed E-state index contributed by atoms with van der Waals surface area (Å²) >= 11 is 6.14. The van der Waals surface area contributed by atoms with Gasteiger partial charge in [-0.3, -0.25) is 0 Å². The summed E-state index contributed by atoms with van der Waals surface area (Å²) in [6.07, 6.45) is -0.295. The summed E-state index contributed by atoms with van der Waals surface area (Å²) in [5.41, 5.74) is 0.316. The first-order chi connectivity index (χ1) is 11.3. The summed E-state index contributed by atoms with van der Waals surface area (Å²) in [7, 11) is -3.72. The van der Waals surface area contributed by atoms with Gasteiger partial charge < -0.3 is 4.74 Å². The molecule has 0 aromatic heterocycles. The summed E-state index contributed by atoms with van der Waals surface area (Å²) in [6, 6.07) is 16.2. The number of benzene rings is 2. The Morgan fingerprint density at radius 3 is 2.38 bits per heavy atom. The SMILES string of the molecule is CC1(C)COC(c2ccccc2)CN1S(=O)(=O)c1ccccc1Cl. The summed E-state index contributed by atoms with van der Waals surface area (Å²) < 4.78 is 33.8. The Hall–Kier alpha value is -1.40. The highest BCUT2D eigenvalue weighted by Crippen LogP contribution is 2.36. The van der Waals surface area contributed by atoms with Crippen LogP contribution in [0.3, 0.4) is 0 Å². The van der Waals surface area contributed by atoms with Gasteiger partial charge in [0.1, 0.15) is 4.90 Å². The van der Waals surface area contributed by atoms with Gasteiger partial charge in [-0.2, -0.15) is 4.31 Å². The Labute approximate surface area is 148 Å². The lowest BCUT2D eigenvalue weighted by Crippen LogP contribution is -2.56. The van der Waals surface area contributed by atoms with Gasteiger partial charge in [0.2, 0.25) is 10.0 Å². The highest BCUT2D eigenvalue weighted by atomic mass is 35.5. The van der Waals surface area contributed by atoms with Crippen LogP contribution in [0.2, 0.25) is 5.02 Å². The van der Waals surface area contributed by atoms with Gasteiger partial charge in [0.15, 0.2) is 0 Å². The highest BCUT2D eigenvalue weighted by molar-refractivity contribution is 7.89. The summed E-state index contributed by atoms with van der Waals surface area (Å²) in [5, 5.41) is 0.232. The van der Waals surface area contributed by atoms with Crippen molar-refractivity contribution in [3.8, 4) is 0 Å². The van der Waals surface area contributed by atoms with Crippen LogP contribution >= 0.6 is 11.6 Å². The van der Waals surface area contributed by atoms with Crippen LogP contribution in [0, 0.1) is 0 Å². The maximum Gasteiger partial charge on any atom is 0.245 e. The molecule has 3 rings (SSSR count). The average Bonchev–Trinajstić information content (AvgIpc) is 2.55. The smallest absolute Gasteiger partial charge is 0.245 e. The number of morpholine rings is 1. The lowest BCUT2D eigenvalue weighted by atomic mass is 10.0. The van der Waals surface area contributed by atoms with Gasteiger partial charge >= 0.3 is 0 Å². The van der Waals surface area contributed by atoms with Crippen LogP contribution in [0.25, 0.3) is 0 Å². The number of halogens is 1. The van der Waals surface area contributed by atoms with E-state index >= 15 is 0 Å². The maximum atomic E-state index is 13.2. The quantitative estimate of drug-likeness (QED) is 0.829. The van der Waals surface area contributed by atoms with Crippen molar-refractivity contribution in [3.63, 3.8) is 0 Å². The zero-order valence-corrected chi connectivity index (χ0v) is 15.2. The molecule has 1 saturated heterocycles. The van der Waals surface area contributed by atoms with Crippen LogP contribution in [0.4, 0.5) is 0 Å². The van der Waals surface area contributed by atoms with Crippen molar-refractivity contribution >= 4 is 21.6 Å². The molecule has 1 fully saturated rings. The number of rotatable bonds is 3. The molecule has 1 heterocycles. The second-order valence-electron chi connectivity index (χ2n) is 6.49. The highest BCUT2D eigenvalue weighted by Gasteiger charge is 2.43. The molecule has 24 heavy (non-hydrogen) atoms. The molecule has 2 aromatic rings. The molecule has 2 aromatic carbocycles. The van der Waals surface area contributed by atoms with Gasteiger partial charge in [-0.25, -0.2) is 8.42 Å². The molecule has 1 atom stereocenters. The topological polar surface area (TPSA) is 46.6 Å². The Balaban J connectivity index is 1.99. The Kier molecular flexibility index (Phi) is 4.71. The van der Waals surface area contributed by atoms with Gasteiger partial charge in [0.05, 0.1) is 23.3 Å². The number of ether oxygens (including phenoxy) is 1. The van der Waals surface area contributed by atoms with Gasteiger partial charge in [-0.15, -0.1) is 0 Å². The van der Waals surface area contributed by atoms with Crippen LogP contribution in [-0.2, 0) is 14.8 Å². The Bertz CT molecular complexity index is 821. The standard InChI is InChI=1S/C18H20ClNO3S/c1-18(2)13-23-16(14-8-4-3-5-9-14)12-20(18)24(21,22)17-11-7-6-10-15(17)19/h3-11,16H,12-13H2,1-2H3. The van der Waals surface area contributed by atoms with E-state index < -0.39 is 15.6 Å². The van der Waals surface area contributed by atoms with E-state index in [0.29, 0.717) is 6.61 Å². The third-order valence-electron chi connectivity index (χ3n) is 4.22. The maximum absolute atomic E-state index is 13.2.